The molecule has 0 fully saturated rings. The summed E-state index contributed by atoms with van der Waals surface area (Å²) in [5.74, 6) is 0.860. The molecule has 0 atom stereocenters. The number of nitrogens with two attached hydrogens (primary N) is 1. The maximum Gasteiger partial charge on any atom is 0.435 e. The van der Waals surface area contributed by atoms with Gasteiger partial charge in [-0.2, -0.15) is 4.68 Å². The molecule has 0 bridgehead atoms. The molecular formula is C21H25N3O4. The lowest BCUT2D eigenvalue weighted by molar-refractivity contribution is 0.0523. The van der Waals surface area contributed by atoms with Crippen molar-refractivity contribution in [1.29, 1.82) is 0 Å². The standard InChI is InChI=1S/C21H25N3O4/c1-21(2,3)28-20(25)24-18-13-16(9-10-17(18)19(22)23-24)27-12-11-26-14-15-7-5-4-6-8-15/h4-10,13H,11-12,14H2,1-3H3,(H2,22,23). The summed E-state index contributed by atoms with van der Waals surface area (Å²) in [4.78, 5) is 12.4. The van der Waals surface area contributed by atoms with Crippen molar-refractivity contribution >= 4 is 22.8 Å². The molecule has 3 aromatic rings. The van der Waals surface area contributed by atoms with Gasteiger partial charge in [0.1, 0.15) is 18.0 Å². The van der Waals surface area contributed by atoms with Crippen molar-refractivity contribution < 1.29 is 19.0 Å². The van der Waals surface area contributed by atoms with E-state index in [1.165, 1.54) is 0 Å². The molecule has 0 spiro atoms. The highest BCUT2D eigenvalue weighted by Crippen LogP contribution is 2.26. The van der Waals surface area contributed by atoms with Crippen LogP contribution in [-0.4, -0.2) is 34.7 Å². The molecule has 0 amide bonds. The molecule has 2 N–H and O–H groups in total. The lowest BCUT2D eigenvalue weighted by Crippen LogP contribution is -2.27. The summed E-state index contributed by atoms with van der Waals surface area (Å²) in [6.07, 6.45) is -0.586. The molecule has 1 heterocycles. The maximum absolute atomic E-state index is 12.4. The third-order valence-electron chi connectivity index (χ3n) is 3.86. The predicted octanol–water partition coefficient (Wildman–Crippen LogP) is 4.00. The second kappa shape index (κ2) is 8.31. The third-order valence-corrected chi connectivity index (χ3v) is 3.86. The monoisotopic (exact) mass is 383 g/mol. The molecule has 0 aliphatic carbocycles. The van der Waals surface area contributed by atoms with Crippen LogP contribution < -0.4 is 10.5 Å². The Labute approximate surface area is 164 Å². The summed E-state index contributed by atoms with van der Waals surface area (Å²) < 4.78 is 17.9. The first kappa shape index (κ1) is 19.7. The Morgan fingerprint density at radius 3 is 2.57 bits per heavy atom. The van der Waals surface area contributed by atoms with Gasteiger partial charge in [0.15, 0.2) is 5.82 Å². The number of aromatic nitrogens is 2. The number of nitrogens with zero attached hydrogens (tertiary/aromatic N) is 2. The molecule has 7 heteroatoms. The zero-order chi connectivity index (χ0) is 20.1. The van der Waals surface area contributed by atoms with E-state index in [1.54, 1.807) is 39.0 Å². The highest BCUT2D eigenvalue weighted by molar-refractivity contribution is 5.95. The first-order valence-electron chi connectivity index (χ1n) is 9.09. The van der Waals surface area contributed by atoms with Crippen LogP contribution in [0.4, 0.5) is 10.6 Å². The van der Waals surface area contributed by atoms with Crippen molar-refractivity contribution in [3.05, 3.63) is 54.1 Å². The molecule has 148 valence electrons. The predicted molar refractivity (Wildman–Crippen MR) is 107 cm³/mol. The molecule has 2 aromatic carbocycles. The van der Waals surface area contributed by atoms with Crippen molar-refractivity contribution in [1.82, 2.24) is 9.78 Å². The lowest BCUT2D eigenvalue weighted by atomic mass is 10.2. The quantitative estimate of drug-likeness (QED) is 0.647. The normalized spacial score (nSPS) is 11.5. The fourth-order valence-electron chi connectivity index (χ4n) is 2.64. The maximum atomic E-state index is 12.4. The number of ether oxygens (including phenoxy) is 3. The number of hydrogen-bond donors (Lipinski definition) is 1. The first-order chi connectivity index (χ1) is 13.3. The zero-order valence-electron chi connectivity index (χ0n) is 16.3. The second-order valence-corrected chi connectivity index (χ2v) is 7.34. The van der Waals surface area contributed by atoms with Gasteiger partial charge < -0.3 is 19.9 Å². The highest BCUT2D eigenvalue weighted by atomic mass is 16.6. The smallest absolute Gasteiger partial charge is 0.435 e. The Balaban J connectivity index is 1.62. The molecule has 28 heavy (non-hydrogen) atoms. The van der Waals surface area contributed by atoms with E-state index in [-0.39, 0.29) is 5.82 Å². The minimum atomic E-state index is -0.631. The second-order valence-electron chi connectivity index (χ2n) is 7.34. The van der Waals surface area contributed by atoms with Crippen LogP contribution >= 0.6 is 0 Å². The van der Waals surface area contributed by atoms with Crippen LogP contribution in [0.2, 0.25) is 0 Å². The van der Waals surface area contributed by atoms with E-state index in [9.17, 15) is 4.79 Å². The van der Waals surface area contributed by atoms with Crippen molar-refractivity contribution in [2.45, 2.75) is 33.0 Å². The minimum Gasteiger partial charge on any atom is -0.491 e. The minimum absolute atomic E-state index is 0.263. The zero-order valence-corrected chi connectivity index (χ0v) is 16.3. The molecule has 3 rings (SSSR count). The number of hydrogen-bond acceptors (Lipinski definition) is 6. The molecule has 0 saturated heterocycles. The van der Waals surface area contributed by atoms with Crippen LogP contribution in [0.5, 0.6) is 5.75 Å². The van der Waals surface area contributed by atoms with E-state index in [0.717, 1.165) is 10.2 Å². The lowest BCUT2D eigenvalue weighted by Gasteiger charge is -2.19. The van der Waals surface area contributed by atoms with Crippen LogP contribution in [0.1, 0.15) is 26.3 Å². The van der Waals surface area contributed by atoms with E-state index < -0.39 is 11.7 Å². The van der Waals surface area contributed by atoms with Gasteiger partial charge in [-0.15, -0.1) is 5.10 Å². The summed E-state index contributed by atoms with van der Waals surface area (Å²) in [6, 6.07) is 15.2. The Hall–Kier alpha value is -3.06. The fraction of sp³-hybridized carbons (Fsp3) is 0.333. The van der Waals surface area contributed by atoms with Gasteiger partial charge in [0.05, 0.1) is 18.7 Å². The largest absolute Gasteiger partial charge is 0.491 e. The van der Waals surface area contributed by atoms with Gasteiger partial charge in [0, 0.05) is 11.5 Å². The number of carbonyl (C=O) groups excluding carboxylic acids is 1. The van der Waals surface area contributed by atoms with Crippen LogP contribution in [-0.2, 0) is 16.1 Å². The number of fused-ring (bicyclic) bond motifs is 1. The summed E-state index contributed by atoms with van der Waals surface area (Å²) >= 11 is 0. The Bertz CT molecular complexity index is 945. The summed E-state index contributed by atoms with van der Waals surface area (Å²) in [5, 5.41) is 4.76. The number of nitrogen functional groups attached to an aromatic ring is 1. The van der Waals surface area contributed by atoms with Gasteiger partial charge in [0.2, 0.25) is 0 Å². The van der Waals surface area contributed by atoms with Gasteiger partial charge in [-0.3, -0.25) is 0 Å². The molecule has 0 radical (unpaired) electrons. The Morgan fingerprint density at radius 2 is 1.86 bits per heavy atom. The summed E-state index contributed by atoms with van der Waals surface area (Å²) in [5.41, 5.74) is 6.94. The highest BCUT2D eigenvalue weighted by Gasteiger charge is 2.21. The van der Waals surface area contributed by atoms with Crippen LogP contribution in [0, 0.1) is 0 Å². The van der Waals surface area contributed by atoms with Gasteiger partial charge >= 0.3 is 6.09 Å². The molecule has 0 aliphatic heterocycles. The van der Waals surface area contributed by atoms with E-state index in [1.807, 2.05) is 30.3 Å². The van der Waals surface area contributed by atoms with Crippen molar-refractivity contribution in [3.63, 3.8) is 0 Å². The van der Waals surface area contributed by atoms with Crippen molar-refractivity contribution in [2.75, 3.05) is 18.9 Å². The van der Waals surface area contributed by atoms with E-state index in [2.05, 4.69) is 5.10 Å². The Kier molecular flexibility index (Phi) is 5.84. The third kappa shape index (κ3) is 5.01. The molecule has 1 aromatic heterocycles. The fourth-order valence-corrected chi connectivity index (χ4v) is 2.64. The molecule has 0 unspecified atom stereocenters. The number of benzene rings is 2. The van der Waals surface area contributed by atoms with Gasteiger partial charge in [-0.25, -0.2) is 4.79 Å². The molecular weight excluding hydrogens is 358 g/mol. The number of carbonyl (C=O) groups is 1. The Morgan fingerprint density at radius 1 is 1.11 bits per heavy atom. The number of rotatable bonds is 6. The van der Waals surface area contributed by atoms with Gasteiger partial charge in [0.25, 0.3) is 0 Å². The first-order valence-corrected chi connectivity index (χ1v) is 9.09. The van der Waals surface area contributed by atoms with Crippen LogP contribution in [0.25, 0.3) is 10.9 Å². The van der Waals surface area contributed by atoms with Crippen molar-refractivity contribution in [3.8, 4) is 5.75 Å². The van der Waals surface area contributed by atoms with Crippen molar-refractivity contribution in [2.24, 2.45) is 0 Å². The molecule has 7 nitrogen and oxygen atoms in total. The molecule has 0 aliphatic rings. The van der Waals surface area contributed by atoms with Crippen LogP contribution in [0.3, 0.4) is 0 Å². The van der Waals surface area contributed by atoms with Gasteiger partial charge in [-0.1, -0.05) is 30.3 Å². The van der Waals surface area contributed by atoms with Crippen LogP contribution in [0.15, 0.2) is 48.5 Å². The number of anilines is 1. The van der Waals surface area contributed by atoms with E-state index in [0.29, 0.717) is 36.5 Å². The van der Waals surface area contributed by atoms with Gasteiger partial charge in [-0.05, 0) is 38.5 Å². The molecule has 0 saturated carbocycles. The van der Waals surface area contributed by atoms with E-state index >= 15 is 0 Å². The van der Waals surface area contributed by atoms with E-state index in [4.69, 9.17) is 19.9 Å². The topological polar surface area (TPSA) is 88.6 Å². The summed E-state index contributed by atoms with van der Waals surface area (Å²) in [7, 11) is 0. The SMILES string of the molecule is CC(C)(C)OC(=O)n1nc(N)c2ccc(OCCOCc3ccccc3)cc21. The average Bonchev–Trinajstić information content (AvgIpc) is 2.97. The summed E-state index contributed by atoms with van der Waals surface area (Å²) in [6.45, 7) is 6.75. The average molecular weight is 383 g/mol.